The van der Waals surface area contributed by atoms with Crippen molar-refractivity contribution in [3.05, 3.63) is 83.9 Å². The Morgan fingerprint density at radius 3 is 1.27 bits per heavy atom. The van der Waals surface area contributed by atoms with Crippen molar-refractivity contribution < 1.29 is 23.9 Å². The first-order valence-corrected chi connectivity index (χ1v) is 10.2. The number of rotatable bonds is 4. The summed E-state index contributed by atoms with van der Waals surface area (Å²) in [4.78, 5) is 48.9. The lowest BCUT2D eigenvalue weighted by Crippen LogP contribution is -2.15. The van der Waals surface area contributed by atoms with Gasteiger partial charge in [-0.25, -0.2) is 9.59 Å². The standard InChI is InChI=1S/C26H20N2O5/c1-15(29)27-23-13-11-21(17-7-3-5-9-19(17)23)25(31)33-26(32)22-12-14-24(28-16(2)30)20-10-6-4-8-18(20)22/h3-14H,1-2H3,(H,27,29)(H,28,30). The maximum atomic E-state index is 12.9. The fraction of sp³-hybridized carbons (Fsp3) is 0.0769. The summed E-state index contributed by atoms with van der Waals surface area (Å²) in [7, 11) is 0. The molecule has 7 heteroatoms. The molecule has 33 heavy (non-hydrogen) atoms. The van der Waals surface area contributed by atoms with E-state index in [1.54, 1.807) is 60.7 Å². The van der Waals surface area contributed by atoms with Gasteiger partial charge in [-0.05, 0) is 35.0 Å². The Labute approximate surface area is 189 Å². The van der Waals surface area contributed by atoms with Crippen LogP contribution in [0.3, 0.4) is 0 Å². The maximum absolute atomic E-state index is 12.9. The summed E-state index contributed by atoms with van der Waals surface area (Å²) < 4.78 is 5.23. The molecule has 0 fully saturated rings. The van der Waals surface area contributed by atoms with E-state index in [1.165, 1.54) is 26.0 Å². The zero-order chi connectivity index (χ0) is 23.5. The number of hydrogen-bond acceptors (Lipinski definition) is 5. The highest BCUT2D eigenvalue weighted by molar-refractivity contribution is 6.16. The van der Waals surface area contributed by atoms with Crippen LogP contribution >= 0.6 is 0 Å². The van der Waals surface area contributed by atoms with Crippen LogP contribution < -0.4 is 10.6 Å². The predicted molar refractivity (Wildman–Crippen MR) is 126 cm³/mol. The summed E-state index contributed by atoms with van der Waals surface area (Å²) in [6, 6.07) is 20.3. The molecule has 2 N–H and O–H groups in total. The first kappa shape index (κ1) is 21.7. The van der Waals surface area contributed by atoms with Crippen LogP contribution in [-0.2, 0) is 14.3 Å². The van der Waals surface area contributed by atoms with Crippen LogP contribution in [0.25, 0.3) is 21.5 Å². The molecule has 164 valence electrons. The molecule has 7 nitrogen and oxygen atoms in total. The monoisotopic (exact) mass is 440 g/mol. The molecule has 0 heterocycles. The lowest BCUT2D eigenvalue weighted by Gasteiger charge is -2.12. The summed E-state index contributed by atoms with van der Waals surface area (Å²) in [6.07, 6.45) is 0. The molecule has 0 aliphatic carbocycles. The van der Waals surface area contributed by atoms with Crippen molar-refractivity contribution in [1.29, 1.82) is 0 Å². The van der Waals surface area contributed by atoms with Crippen molar-refractivity contribution in [2.75, 3.05) is 10.6 Å². The van der Waals surface area contributed by atoms with Crippen LogP contribution in [0.1, 0.15) is 34.6 Å². The number of nitrogens with one attached hydrogen (secondary N) is 2. The predicted octanol–water partition coefficient (Wildman–Crippen LogP) is 4.91. The number of hydrogen-bond donors (Lipinski definition) is 2. The molecule has 2 amide bonds. The molecule has 4 aromatic rings. The van der Waals surface area contributed by atoms with Crippen molar-refractivity contribution in [3.63, 3.8) is 0 Å². The highest BCUT2D eigenvalue weighted by atomic mass is 16.6. The van der Waals surface area contributed by atoms with E-state index in [1.807, 2.05) is 0 Å². The van der Waals surface area contributed by atoms with Gasteiger partial charge in [-0.3, -0.25) is 9.59 Å². The van der Waals surface area contributed by atoms with Crippen molar-refractivity contribution in [3.8, 4) is 0 Å². The number of fused-ring (bicyclic) bond motifs is 2. The van der Waals surface area contributed by atoms with Crippen molar-refractivity contribution >= 4 is 56.7 Å². The minimum absolute atomic E-state index is 0.201. The van der Waals surface area contributed by atoms with E-state index in [0.717, 1.165) is 0 Å². The maximum Gasteiger partial charge on any atom is 0.346 e. The number of ether oxygens (including phenoxy) is 1. The third-order valence-electron chi connectivity index (χ3n) is 5.09. The summed E-state index contributed by atoms with van der Waals surface area (Å²) in [5, 5.41) is 7.87. The molecule has 0 saturated heterocycles. The van der Waals surface area contributed by atoms with Gasteiger partial charge < -0.3 is 15.4 Å². The Balaban J connectivity index is 1.69. The van der Waals surface area contributed by atoms with Gasteiger partial charge in [-0.2, -0.15) is 0 Å². The molecule has 4 aromatic carbocycles. The fourth-order valence-electron chi connectivity index (χ4n) is 3.75. The highest BCUT2D eigenvalue weighted by Gasteiger charge is 2.21. The van der Waals surface area contributed by atoms with Gasteiger partial charge >= 0.3 is 11.9 Å². The largest absolute Gasteiger partial charge is 0.386 e. The van der Waals surface area contributed by atoms with Gasteiger partial charge in [0.05, 0.1) is 11.1 Å². The minimum Gasteiger partial charge on any atom is -0.386 e. The Morgan fingerprint density at radius 1 is 0.545 bits per heavy atom. The van der Waals surface area contributed by atoms with Gasteiger partial charge in [0.25, 0.3) is 0 Å². The van der Waals surface area contributed by atoms with Crippen LogP contribution in [0.4, 0.5) is 11.4 Å². The Morgan fingerprint density at radius 2 is 0.909 bits per heavy atom. The van der Waals surface area contributed by atoms with E-state index >= 15 is 0 Å². The Hall–Kier alpha value is -4.52. The van der Waals surface area contributed by atoms with E-state index in [0.29, 0.717) is 32.9 Å². The van der Waals surface area contributed by atoms with Gasteiger partial charge in [0.1, 0.15) is 0 Å². The zero-order valence-electron chi connectivity index (χ0n) is 18.0. The van der Waals surface area contributed by atoms with Gasteiger partial charge in [0, 0.05) is 36.0 Å². The average molecular weight is 440 g/mol. The highest BCUT2D eigenvalue weighted by Crippen LogP contribution is 2.29. The van der Waals surface area contributed by atoms with Gasteiger partial charge in [-0.15, -0.1) is 0 Å². The molecular weight excluding hydrogens is 420 g/mol. The first-order valence-electron chi connectivity index (χ1n) is 10.2. The molecule has 0 unspecified atom stereocenters. The molecule has 0 radical (unpaired) electrons. The number of carbonyl (C=O) groups excluding carboxylic acids is 4. The summed E-state index contributed by atoms with van der Waals surface area (Å²) in [6.45, 7) is 2.80. The van der Waals surface area contributed by atoms with Crippen LogP contribution in [0.5, 0.6) is 0 Å². The molecule has 0 aliphatic rings. The van der Waals surface area contributed by atoms with Crippen LogP contribution in [0.2, 0.25) is 0 Å². The second-order valence-electron chi connectivity index (χ2n) is 7.45. The topological polar surface area (TPSA) is 102 Å². The van der Waals surface area contributed by atoms with Crippen LogP contribution in [0.15, 0.2) is 72.8 Å². The molecule has 4 rings (SSSR count). The summed E-state index contributed by atoms with van der Waals surface area (Å²) in [5.74, 6) is -2.08. The molecule has 0 bridgehead atoms. The van der Waals surface area contributed by atoms with Gasteiger partial charge in [-0.1, -0.05) is 48.5 Å². The van der Waals surface area contributed by atoms with Crippen LogP contribution in [-0.4, -0.2) is 23.8 Å². The van der Waals surface area contributed by atoms with Crippen molar-refractivity contribution in [1.82, 2.24) is 0 Å². The molecule has 0 saturated carbocycles. The lowest BCUT2D eigenvalue weighted by atomic mass is 10.0. The lowest BCUT2D eigenvalue weighted by molar-refractivity contribution is -0.115. The third-order valence-corrected chi connectivity index (χ3v) is 5.09. The number of esters is 2. The molecule has 0 spiro atoms. The van der Waals surface area contributed by atoms with E-state index in [9.17, 15) is 19.2 Å². The second kappa shape index (κ2) is 8.92. The Bertz CT molecular complexity index is 1330. The van der Waals surface area contributed by atoms with Gasteiger partial charge in [0.15, 0.2) is 0 Å². The number of amides is 2. The molecule has 0 aliphatic heterocycles. The minimum atomic E-state index is -0.805. The normalized spacial score (nSPS) is 10.6. The van der Waals surface area contributed by atoms with E-state index in [2.05, 4.69) is 10.6 Å². The number of anilines is 2. The quantitative estimate of drug-likeness (QED) is 0.347. The van der Waals surface area contributed by atoms with E-state index < -0.39 is 11.9 Å². The molecule has 0 aromatic heterocycles. The SMILES string of the molecule is CC(=O)Nc1ccc(C(=O)OC(=O)c2ccc(NC(C)=O)c3ccccc23)c2ccccc12. The van der Waals surface area contributed by atoms with E-state index in [-0.39, 0.29) is 22.9 Å². The fourth-order valence-corrected chi connectivity index (χ4v) is 3.75. The van der Waals surface area contributed by atoms with Crippen molar-refractivity contribution in [2.24, 2.45) is 0 Å². The summed E-state index contributed by atoms with van der Waals surface area (Å²) >= 11 is 0. The molecular formula is C26H20N2O5. The number of benzene rings is 4. The average Bonchev–Trinajstić information content (AvgIpc) is 2.78. The van der Waals surface area contributed by atoms with Crippen LogP contribution in [0, 0.1) is 0 Å². The first-order chi connectivity index (χ1) is 15.8. The second-order valence-corrected chi connectivity index (χ2v) is 7.45. The Kier molecular flexibility index (Phi) is 5.87. The van der Waals surface area contributed by atoms with Crippen molar-refractivity contribution in [2.45, 2.75) is 13.8 Å². The third kappa shape index (κ3) is 4.43. The number of carbonyl (C=O) groups is 4. The molecule has 0 atom stereocenters. The van der Waals surface area contributed by atoms with E-state index in [4.69, 9.17) is 4.74 Å². The van der Waals surface area contributed by atoms with Gasteiger partial charge in [0.2, 0.25) is 11.8 Å². The smallest absolute Gasteiger partial charge is 0.346 e. The zero-order valence-corrected chi connectivity index (χ0v) is 18.0. The summed E-state index contributed by atoms with van der Waals surface area (Å²) in [5.41, 5.74) is 1.51.